The van der Waals surface area contributed by atoms with Crippen LogP contribution in [0.15, 0.2) is 78.9 Å². The van der Waals surface area contributed by atoms with Gasteiger partial charge in [-0.2, -0.15) is 0 Å². The number of hydrogen-bond donors (Lipinski definition) is 0. The molecule has 1 N–H and O–H groups in total. The second kappa shape index (κ2) is 9.80. The molecule has 0 aromatic heterocycles. The summed E-state index contributed by atoms with van der Waals surface area (Å²) in [6.07, 6.45) is -11.4. The Morgan fingerprint density at radius 2 is 1.11 bits per heavy atom. The second-order valence-corrected chi connectivity index (χ2v) is 17.3. The van der Waals surface area contributed by atoms with Crippen LogP contribution in [0.1, 0.15) is 31.9 Å². The summed E-state index contributed by atoms with van der Waals surface area (Å²) < 4.78 is 92.6. The zero-order valence-electron chi connectivity index (χ0n) is 19.6. The molecule has 3 aromatic carbocycles. The van der Waals surface area contributed by atoms with Crippen molar-refractivity contribution in [3.05, 3.63) is 90.0 Å². The summed E-state index contributed by atoms with van der Waals surface area (Å²) in [7, 11) is 0. The van der Waals surface area contributed by atoms with Crippen molar-refractivity contribution >= 4 is 29.8 Å². The van der Waals surface area contributed by atoms with Crippen LogP contribution in [-0.4, -0.2) is 37.1 Å². The molecule has 2 nitrogen and oxygen atoms in total. The molecule has 1 heterocycles. The van der Waals surface area contributed by atoms with Crippen LogP contribution in [0, 0.1) is 0 Å². The predicted octanol–water partition coefficient (Wildman–Crippen LogP) is 2.13. The molecular weight excluding hydrogens is 575 g/mol. The molecule has 0 saturated heterocycles. The van der Waals surface area contributed by atoms with E-state index in [9.17, 15) is 26.3 Å². The Bertz CT molecular complexity index is 1140. The summed E-state index contributed by atoms with van der Waals surface area (Å²) in [5.41, 5.74) is -4.56. The number of hydrogen-bond acceptors (Lipinski definition) is 2. The smallest absolute Gasteiger partial charge is 0.870 e. The van der Waals surface area contributed by atoms with E-state index in [0.29, 0.717) is 7.02 Å². The van der Waals surface area contributed by atoms with Crippen molar-refractivity contribution < 1.29 is 53.7 Å². The first-order chi connectivity index (χ1) is 15.2. The average molecular weight is 598 g/mol. The summed E-state index contributed by atoms with van der Waals surface area (Å²) in [5.74, 6) is 0. The zero-order valence-corrected chi connectivity index (χ0v) is 22.1. The fourth-order valence-electron chi connectivity index (χ4n) is 4.26. The Morgan fingerprint density at radius 1 is 0.657 bits per heavy atom. The van der Waals surface area contributed by atoms with Crippen molar-refractivity contribution in [1.82, 2.24) is 0 Å². The summed E-state index contributed by atoms with van der Waals surface area (Å²) in [4.78, 5) is 0. The maximum Gasteiger partial charge on any atom is 1.00 e. The number of benzene rings is 3. The fraction of sp³-hybridized carbons (Fsp3) is 0.280. The topological polar surface area (TPSA) is 39.2 Å². The largest absolute Gasteiger partial charge is 1.00 e. The molecule has 35 heavy (non-hydrogen) atoms. The first-order valence-corrected chi connectivity index (χ1v) is 15.1. The molecule has 0 amide bonds. The minimum atomic E-state index is -5.70. The number of rotatable bonds is 2. The van der Waals surface area contributed by atoms with Crippen LogP contribution >= 0.6 is 0 Å². The zero-order chi connectivity index (χ0) is 24.3. The standard InChI is InChI=1S/C10H13.C9H4F6O.C6H5.Li.H2O.Sb/c1-10(2,3)9-7-5-4-6-8-9;10-8(11,12)7(16,9(13,14)15)6-4-2-1-3-5-6;1-2-4-6-5-3-1;;;/h5-8H,1-3H3;1-4H;1-5H;;1H2;/q;-1;;+1;;+1/p-1. The molecule has 1 aliphatic heterocycles. The Labute approximate surface area is 216 Å². The molecule has 0 spiro atoms. The first kappa shape index (κ1) is 29.8. The van der Waals surface area contributed by atoms with Crippen LogP contribution in [0.2, 0.25) is 0 Å². The van der Waals surface area contributed by atoms with E-state index < -0.39 is 42.7 Å². The van der Waals surface area contributed by atoms with Gasteiger partial charge >= 0.3 is 212 Å². The van der Waals surface area contributed by atoms with Crippen LogP contribution in [0.25, 0.3) is 0 Å². The van der Waals surface area contributed by atoms with Gasteiger partial charge in [0.1, 0.15) is 0 Å². The third kappa shape index (κ3) is 4.58. The van der Waals surface area contributed by atoms with Crippen LogP contribution < -0.4 is 29.4 Å². The molecule has 10 heteroatoms. The molecule has 0 aliphatic carbocycles. The third-order valence-electron chi connectivity index (χ3n) is 5.91. The van der Waals surface area contributed by atoms with Gasteiger partial charge in [0.05, 0.1) is 0 Å². The number of halogens is 6. The van der Waals surface area contributed by atoms with E-state index in [1.165, 1.54) is 18.2 Å². The van der Waals surface area contributed by atoms with Gasteiger partial charge in [-0.1, -0.05) is 0 Å². The quantitative estimate of drug-likeness (QED) is 0.336. The molecule has 183 valence electrons. The summed E-state index contributed by atoms with van der Waals surface area (Å²) >= 11 is -5.09. The maximum atomic E-state index is 14.4. The molecule has 1 unspecified atom stereocenters. The van der Waals surface area contributed by atoms with E-state index in [0.717, 1.165) is 11.6 Å². The van der Waals surface area contributed by atoms with Gasteiger partial charge in [-0.05, 0) is 0 Å². The first-order valence-electron chi connectivity index (χ1n) is 10.3. The molecule has 1 aliphatic rings. The Kier molecular flexibility index (Phi) is 8.34. The third-order valence-corrected chi connectivity index (χ3v) is 16.4. The van der Waals surface area contributed by atoms with Crippen LogP contribution in [-0.2, 0) is 14.0 Å². The van der Waals surface area contributed by atoms with E-state index in [-0.39, 0.29) is 33.3 Å². The van der Waals surface area contributed by atoms with Crippen molar-refractivity contribution in [1.29, 1.82) is 0 Å². The van der Waals surface area contributed by atoms with E-state index in [2.05, 4.69) is 0 Å². The van der Waals surface area contributed by atoms with Gasteiger partial charge in [0.2, 0.25) is 0 Å². The SMILES string of the molecule is CC(C)(C)c1cc[c]([Sb]2([c]3ccccc3)[O]C(C(F)(F)F)(C(F)(F)F)c3cccc[c]32)cc1.[Li+].[OH-]. The van der Waals surface area contributed by atoms with Crippen molar-refractivity contribution in [3.63, 3.8) is 0 Å². The number of fused-ring (bicyclic) bond motifs is 1. The van der Waals surface area contributed by atoms with Crippen LogP contribution in [0.3, 0.4) is 0 Å². The van der Waals surface area contributed by atoms with Crippen molar-refractivity contribution in [2.75, 3.05) is 0 Å². The Morgan fingerprint density at radius 3 is 1.60 bits per heavy atom. The molecule has 1 radical (unpaired) electrons. The van der Waals surface area contributed by atoms with E-state index >= 15 is 0 Å². The summed E-state index contributed by atoms with van der Waals surface area (Å²) in [6, 6.07) is 19.8. The van der Waals surface area contributed by atoms with Crippen LogP contribution in [0.4, 0.5) is 26.3 Å². The molecular formula is C25H23F6LiO2Sb. The maximum absolute atomic E-state index is 14.4. The van der Waals surface area contributed by atoms with Gasteiger partial charge < -0.3 is 5.48 Å². The van der Waals surface area contributed by atoms with E-state index in [1.807, 2.05) is 20.8 Å². The molecule has 0 bridgehead atoms. The average Bonchev–Trinajstić information content (AvgIpc) is 3.08. The van der Waals surface area contributed by atoms with E-state index in [1.54, 1.807) is 54.6 Å². The Hall–Kier alpha value is -1.42. The molecule has 4 rings (SSSR count). The predicted molar refractivity (Wildman–Crippen MR) is 119 cm³/mol. The molecule has 0 saturated carbocycles. The molecule has 3 aromatic rings. The molecule has 1 atom stereocenters. The van der Waals surface area contributed by atoms with Gasteiger partial charge in [-0.15, -0.1) is 0 Å². The van der Waals surface area contributed by atoms with Crippen molar-refractivity contribution in [2.24, 2.45) is 0 Å². The van der Waals surface area contributed by atoms with Crippen molar-refractivity contribution in [2.45, 2.75) is 44.1 Å². The fourth-order valence-corrected chi connectivity index (χ4v) is 15.4. The second-order valence-electron chi connectivity index (χ2n) is 9.03. The monoisotopic (exact) mass is 597 g/mol. The number of alkyl halides is 6. The van der Waals surface area contributed by atoms with Gasteiger partial charge in [0.25, 0.3) is 0 Å². The van der Waals surface area contributed by atoms with E-state index in [4.69, 9.17) is 3.02 Å². The van der Waals surface area contributed by atoms with Crippen LogP contribution in [0.5, 0.6) is 0 Å². The van der Waals surface area contributed by atoms with Gasteiger partial charge in [-0.3, -0.25) is 0 Å². The molecule has 0 fully saturated rings. The minimum Gasteiger partial charge on any atom is -0.870 e. The minimum absolute atomic E-state index is 0. The van der Waals surface area contributed by atoms with Crippen molar-refractivity contribution in [3.8, 4) is 0 Å². The van der Waals surface area contributed by atoms with Gasteiger partial charge in [0.15, 0.2) is 0 Å². The van der Waals surface area contributed by atoms with Gasteiger partial charge in [0, 0.05) is 0 Å². The normalized spacial score (nSPS) is 19.3. The summed E-state index contributed by atoms with van der Waals surface area (Å²) in [5, 5.41) is 0. The van der Waals surface area contributed by atoms with Gasteiger partial charge in [-0.25, -0.2) is 0 Å². The Balaban J connectivity index is 0.00000216. The summed E-state index contributed by atoms with van der Waals surface area (Å²) in [6.45, 7) is 5.95.